The number of amides is 2. The van der Waals surface area contributed by atoms with Gasteiger partial charge in [-0.3, -0.25) is 4.90 Å². The number of urea groups is 1. The Kier molecular flexibility index (Phi) is 6.13. The van der Waals surface area contributed by atoms with Crippen LogP contribution in [-0.2, 0) is 16.5 Å². The van der Waals surface area contributed by atoms with Crippen molar-refractivity contribution in [2.75, 3.05) is 49.7 Å². The predicted molar refractivity (Wildman–Crippen MR) is 127 cm³/mol. The van der Waals surface area contributed by atoms with E-state index in [0.717, 1.165) is 31.7 Å². The summed E-state index contributed by atoms with van der Waals surface area (Å²) >= 11 is 0. The van der Waals surface area contributed by atoms with Crippen LogP contribution < -0.4 is 20.4 Å². The van der Waals surface area contributed by atoms with E-state index in [1.54, 1.807) is 4.90 Å². The van der Waals surface area contributed by atoms with E-state index in [1.165, 1.54) is 16.7 Å². The van der Waals surface area contributed by atoms with Crippen molar-refractivity contribution in [2.24, 2.45) is 0 Å². The molecule has 0 unspecified atom stereocenters. The van der Waals surface area contributed by atoms with Gasteiger partial charge in [0.1, 0.15) is 11.4 Å². The largest absolute Gasteiger partial charge is 0.420 e. The average Bonchev–Trinajstić information content (AvgIpc) is 3.20. The highest BCUT2D eigenvalue weighted by Crippen LogP contribution is 2.44. The van der Waals surface area contributed by atoms with E-state index in [1.807, 2.05) is 25.2 Å². The van der Waals surface area contributed by atoms with Crippen molar-refractivity contribution in [1.82, 2.24) is 15.6 Å². The molecular weight excluding hydrogens is 459 g/mol. The Balaban J connectivity index is 1.37. The summed E-state index contributed by atoms with van der Waals surface area (Å²) in [5.74, 6) is -0.113. The Bertz CT molecular complexity index is 1060. The van der Waals surface area contributed by atoms with Crippen LogP contribution in [0.2, 0.25) is 0 Å². The second-order valence-electron chi connectivity index (χ2n) is 9.66. The van der Waals surface area contributed by atoms with Crippen molar-refractivity contribution in [1.29, 1.82) is 0 Å². The number of halogens is 3. The van der Waals surface area contributed by atoms with Crippen LogP contribution in [0.3, 0.4) is 0 Å². The van der Waals surface area contributed by atoms with Gasteiger partial charge in [-0.15, -0.1) is 0 Å². The molecule has 5 rings (SSSR count). The molecule has 1 spiro atoms. The Morgan fingerprint density at radius 2 is 1.77 bits per heavy atom. The summed E-state index contributed by atoms with van der Waals surface area (Å²) in [6.45, 7) is 1.72. The quantitative estimate of drug-likeness (QED) is 0.682. The van der Waals surface area contributed by atoms with Gasteiger partial charge in [-0.05, 0) is 44.4 Å². The highest BCUT2D eigenvalue weighted by Gasteiger charge is 2.49. The number of alkyl halides is 3. The SMILES string of the molecule is CN[C@]1(c2ccccc2)CC[C@]2(CC1)CN(c1cnc(N3CCOCC3)c(C(F)(F)F)c1)C(=O)N2. The lowest BCUT2D eigenvalue weighted by molar-refractivity contribution is -0.137. The van der Waals surface area contributed by atoms with Gasteiger partial charge in [-0.25, -0.2) is 9.78 Å². The number of carbonyl (C=O) groups excluding carboxylic acids is 1. The summed E-state index contributed by atoms with van der Waals surface area (Å²) in [6.07, 6.45) is -0.152. The van der Waals surface area contributed by atoms with Crippen molar-refractivity contribution < 1.29 is 22.7 Å². The third kappa shape index (κ3) is 4.45. The summed E-state index contributed by atoms with van der Waals surface area (Å²) in [5, 5.41) is 6.57. The van der Waals surface area contributed by atoms with E-state index in [9.17, 15) is 18.0 Å². The number of rotatable bonds is 4. The second-order valence-corrected chi connectivity index (χ2v) is 9.66. The summed E-state index contributed by atoms with van der Waals surface area (Å²) in [7, 11) is 1.95. The standard InChI is InChI=1S/C25H30F3N5O2/c1-29-24(18-5-3-2-4-6-18)9-7-23(8-10-24)17-33(22(34)31-23)19-15-20(25(26,27)28)21(30-16-19)32-11-13-35-14-12-32/h2-6,15-16,29H,7-14,17H2,1H3,(H,31,34)/t23-,24+. The molecule has 2 N–H and O–H groups in total. The van der Waals surface area contributed by atoms with Gasteiger partial charge >= 0.3 is 12.2 Å². The summed E-state index contributed by atoms with van der Waals surface area (Å²) in [5.41, 5.74) is -0.121. The Hall–Kier alpha value is -2.85. The Morgan fingerprint density at radius 3 is 2.40 bits per heavy atom. The number of hydrogen-bond acceptors (Lipinski definition) is 5. The molecule has 2 aliphatic heterocycles. The number of carbonyl (C=O) groups is 1. The number of nitrogens with one attached hydrogen (secondary N) is 2. The molecule has 2 amide bonds. The van der Waals surface area contributed by atoms with Crippen LogP contribution in [0.1, 0.15) is 36.8 Å². The molecule has 3 aliphatic rings. The maximum atomic E-state index is 14.0. The molecule has 2 saturated heterocycles. The topological polar surface area (TPSA) is 69.7 Å². The van der Waals surface area contributed by atoms with Gasteiger partial charge in [0.2, 0.25) is 0 Å². The minimum Gasteiger partial charge on any atom is -0.378 e. The van der Waals surface area contributed by atoms with Gasteiger partial charge in [-0.2, -0.15) is 13.2 Å². The Labute approximate surface area is 202 Å². The molecule has 3 heterocycles. The zero-order chi connectivity index (χ0) is 24.7. The fraction of sp³-hybridized carbons (Fsp3) is 0.520. The van der Waals surface area contributed by atoms with Crippen molar-refractivity contribution in [3.8, 4) is 0 Å². The zero-order valence-corrected chi connectivity index (χ0v) is 19.7. The molecule has 1 aromatic carbocycles. The van der Waals surface area contributed by atoms with E-state index < -0.39 is 17.3 Å². The highest BCUT2D eigenvalue weighted by molar-refractivity contribution is 5.95. The zero-order valence-electron chi connectivity index (χ0n) is 19.7. The van der Waals surface area contributed by atoms with Crippen LogP contribution in [-0.4, -0.2) is 56.4 Å². The lowest BCUT2D eigenvalue weighted by Crippen LogP contribution is -2.53. The molecule has 0 atom stereocenters. The first-order valence-electron chi connectivity index (χ1n) is 12.0. The Morgan fingerprint density at radius 1 is 1.09 bits per heavy atom. The molecule has 1 aliphatic carbocycles. The number of nitrogens with zero attached hydrogens (tertiary/aromatic N) is 3. The molecule has 7 nitrogen and oxygen atoms in total. The van der Waals surface area contributed by atoms with Gasteiger partial charge < -0.3 is 20.3 Å². The van der Waals surface area contributed by atoms with Crippen molar-refractivity contribution >= 4 is 17.5 Å². The molecule has 35 heavy (non-hydrogen) atoms. The molecule has 2 aromatic rings. The highest BCUT2D eigenvalue weighted by atomic mass is 19.4. The van der Waals surface area contributed by atoms with Crippen LogP contribution in [0, 0.1) is 0 Å². The van der Waals surface area contributed by atoms with Crippen LogP contribution in [0.5, 0.6) is 0 Å². The van der Waals surface area contributed by atoms with Crippen molar-refractivity contribution in [3.05, 3.63) is 53.7 Å². The van der Waals surface area contributed by atoms with E-state index in [-0.39, 0.29) is 23.1 Å². The van der Waals surface area contributed by atoms with E-state index in [2.05, 4.69) is 27.8 Å². The smallest absolute Gasteiger partial charge is 0.378 e. The molecule has 1 aromatic heterocycles. The first kappa shape index (κ1) is 23.9. The van der Waals surface area contributed by atoms with E-state index in [4.69, 9.17) is 4.74 Å². The normalized spacial score (nSPS) is 27.4. The molecule has 3 fully saturated rings. The van der Waals surface area contributed by atoms with Crippen molar-refractivity contribution in [3.63, 3.8) is 0 Å². The van der Waals surface area contributed by atoms with Gasteiger partial charge in [0.25, 0.3) is 0 Å². The molecule has 0 radical (unpaired) electrons. The van der Waals surface area contributed by atoms with Crippen LogP contribution >= 0.6 is 0 Å². The monoisotopic (exact) mass is 489 g/mol. The van der Waals surface area contributed by atoms with Crippen LogP contribution in [0.4, 0.5) is 29.5 Å². The van der Waals surface area contributed by atoms with E-state index >= 15 is 0 Å². The van der Waals surface area contributed by atoms with E-state index in [0.29, 0.717) is 32.8 Å². The second kappa shape index (κ2) is 8.98. The van der Waals surface area contributed by atoms with Crippen LogP contribution in [0.15, 0.2) is 42.6 Å². The van der Waals surface area contributed by atoms with Crippen LogP contribution in [0.25, 0.3) is 0 Å². The molecular formula is C25H30F3N5O2. The number of anilines is 2. The third-order valence-corrected chi connectivity index (χ3v) is 7.72. The number of ether oxygens (including phenoxy) is 1. The van der Waals surface area contributed by atoms with Gasteiger partial charge in [-0.1, -0.05) is 30.3 Å². The number of pyridine rings is 1. The number of benzene rings is 1. The fourth-order valence-corrected chi connectivity index (χ4v) is 5.63. The number of hydrogen-bond donors (Lipinski definition) is 2. The molecule has 1 saturated carbocycles. The predicted octanol–water partition coefficient (Wildman–Crippen LogP) is 3.89. The minimum absolute atomic E-state index is 0.113. The summed E-state index contributed by atoms with van der Waals surface area (Å²) < 4.78 is 47.2. The molecule has 188 valence electrons. The maximum Gasteiger partial charge on any atom is 0.420 e. The lowest BCUT2D eigenvalue weighted by atomic mass is 9.69. The molecule has 0 bridgehead atoms. The van der Waals surface area contributed by atoms with Crippen molar-refractivity contribution in [2.45, 2.75) is 42.9 Å². The first-order valence-corrected chi connectivity index (χ1v) is 12.0. The fourth-order valence-electron chi connectivity index (χ4n) is 5.63. The van der Waals surface area contributed by atoms with Gasteiger partial charge in [0, 0.05) is 18.6 Å². The maximum absolute atomic E-state index is 14.0. The average molecular weight is 490 g/mol. The third-order valence-electron chi connectivity index (χ3n) is 7.72. The number of morpholine rings is 1. The first-order chi connectivity index (χ1) is 16.8. The van der Waals surface area contributed by atoms with Gasteiger partial charge in [0.05, 0.1) is 37.2 Å². The molecule has 10 heteroatoms. The summed E-state index contributed by atoms with van der Waals surface area (Å²) in [6, 6.07) is 10.9. The minimum atomic E-state index is -4.59. The lowest BCUT2D eigenvalue weighted by Gasteiger charge is -2.45. The van der Waals surface area contributed by atoms with Gasteiger partial charge in [0.15, 0.2) is 0 Å². The summed E-state index contributed by atoms with van der Waals surface area (Å²) in [4.78, 5) is 20.1. The number of aromatic nitrogens is 1.